The number of methoxy groups -OCH3 is 2. The first-order valence-electron chi connectivity index (χ1n) is 13.4. The van der Waals surface area contributed by atoms with Crippen LogP contribution in [-0.2, 0) is 28.7 Å². The summed E-state index contributed by atoms with van der Waals surface area (Å²) < 4.78 is 9.15. The van der Waals surface area contributed by atoms with Crippen molar-refractivity contribution in [2.75, 3.05) is 14.2 Å². The summed E-state index contributed by atoms with van der Waals surface area (Å²) in [4.78, 5) is 43.9. The predicted molar refractivity (Wildman–Crippen MR) is 162 cm³/mol. The van der Waals surface area contributed by atoms with Crippen molar-refractivity contribution in [2.45, 2.75) is 147 Å². The van der Waals surface area contributed by atoms with Crippen LogP contribution < -0.4 is 10.6 Å². The first-order valence-corrected chi connectivity index (χ1v) is 13.4. The van der Waals surface area contributed by atoms with Gasteiger partial charge in [0.1, 0.15) is 12.1 Å². The minimum Gasteiger partial charge on any atom is -0.467 e. The molecule has 38 heavy (non-hydrogen) atoms. The average Bonchev–Trinajstić information content (AvgIpc) is 2.87. The van der Waals surface area contributed by atoms with Gasteiger partial charge in [-0.2, -0.15) is 0 Å². The Morgan fingerprint density at radius 1 is 0.632 bits per heavy atom. The highest BCUT2D eigenvalue weighted by atomic mass is 16.5. The van der Waals surface area contributed by atoms with Gasteiger partial charge in [-0.15, -0.1) is 0 Å². The van der Waals surface area contributed by atoms with Gasteiger partial charge in [0, 0.05) is 13.8 Å². The minimum absolute atomic E-state index is 0. The number of amides is 2. The molecule has 0 aliphatic carbocycles. The monoisotopic (exact) mass is 548 g/mol. The molecule has 0 aliphatic heterocycles. The van der Waals surface area contributed by atoms with Gasteiger partial charge in [-0.25, -0.2) is 9.59 Å². The van der Waals surface area contributed by atoms with Gasteiger partial charge < -0.3 is 20.1 Å². The molecule has 0 bridgehead atoms. The summed E-state index contributed by atoms with van der Waals surface area (Å²) in [5, 5.41) is 5.10. The van der Waals surface area contributed by atoms with Gasteiger partial charge in [0.25, 0.3) is 0 Å². The zero-order valence-corrected chi connectivity index (χ0v) is 24.8. The van der Waals surface area contributed by atoms with E-state index in [1.165, 1.54) is 53.8 Å². The molecule has 0 heterocycles. The molecule has 0 spiro atoms. The van der Waals surface area contributed by atoms with Crippen molar-refractivity contribution in [2.24, 2.45) is 0 Å². The Hall–Kier alpha value is -2.38. The van der Waals surface area contributed by atoms with Crippen molar-refractivity contribution in [3.05, 3.63) is 12.2 Å². The number of rotatable bonds is 13. The second kappa shape index (κ2) is 39.1. The van der Waals surface area contributed by atoms with E-state index in [9.17, 15) is 19.2 Å². The topological polar surface area (TPSA) is 111 Å². The first kappa shape index (κ1) is 48.7. The maximum Gasteiger partial charge on any atom is 0.328 e. The molecule has 2 amide bonds. The summed E-state index contributed by atoms with van der Waals surface area (Å²) in [5.74, 6) is -1.21. The SMILES string of the molecule is C.C.CCC=CC[C@H](NC(C)=O)C(=O)OC.CCCC.CCCC.CCCCC[C@H](NC(C)=O)C(=O)OC. The lowest BCUT2D eigenvalue weighted by molar-refractivity contribution is -0.145. The third-order valence-electron chi connectivity index (χ3n) is 4.60. The number of esters is 2. The Morgan fingerprint density at radius 3 is 1.34 bits per heavy atom. The Kier molecular flexibility index (Phi) is 50.1. The lowest BCUT2D eigenvalue weighted by Crippen LogP contribution is -2.40. The molecule has 0 unspecified atom stereocenters. The van der Waals surface area contributed by atoms with E-state index in [-0.39, 0.29) is 32.6 Å². The third-order valence-corrected chi connectivity index (χ3v) is 4.60. The Morgan fingerprint density at radius 2 is 1.03 bits per heavy atom. The van der Waals surface area contributed by atoms with E-state index in [0.717, 1.165) is 25.7 Å². The molecule has 0 aromatic carbocycles. The molecule has 2 N–H and O–H groups in total. The number of hydrogen-bond donors (Lipinski definition) is 2. The standard InChI is InChI=1S/C10H19NO3.C10H17NO3.2C4H10.2CH4/c2*1-4-5-6-7-9(10(13)14-3)11-8(2)12;2*1-3-4-2;;/h9H,4-7H2,1-3H3,(H,11,12);5-6,9H,4,7H2,1-3H3,(H,11,12);2*3-4H2,1-2H3;2*1H4/t2*9-;;;;/m00..../s1. The third kappa shape index (κ3) is 40.8. The zero-order valence-electron chi connectivity index (χ0n) is 24.8. The van der Waals surface area contributed by atoms with Crippen LogP contribution in [0.15, 0.2) is 12.2 Å². The molecule has 0 aromatic heterocycles. The summed E-state index contributed by atoms with van der Waals surface area (Å²) in [7, 11) is 2.64. The van der Waals surface area contributed by atoms with E-state index in [1.54, 1.807) is 0 Å². The molecular weight excluding hydrogens is 484 g/mol. The highest BCUT2D eigenvalue weighted by molar-refractivity contribution is 5.83. The van der Waals surface area contributed by atoms with Crippen LogP contribution in [0, 0.1) is 0 Å². The molecular formula is C30H64N2O6. The summed E-state index contributed by atoms with van der Waals surface area (Å²) >= 11 is 0. The van der Waals surface area contributed by atoms with Gasteiger partial charge in [-0.3, -0.25) is 9.59 Å². The van der Waals surface area contributed by atoms with Crippen molar-refractivity contribution in [3.8, 4) is 0 Å². The smallest absolute Gasteiger partial charge is 0.328 e. The average molecular weight is 549 g/mol. The fourth-order valence-electron chi connectivity index (χ4n) is 2.24. The van der Waals surface area contributed by atoms with Crippen LogP contribution in [0.2, 0.25) is 0 Å². The summed E-state index contributed by atoms with van der Waals surface area (Å²) in [6.45, 7) is 15.6. The van der Waals surface area contributed by atoms with E-state index in [2.05, 4.69) is 54.7 Å². The van der Waals surface area contributed by atoms with Crippen LogP contribution in [0.25, 0.3) is 0 Å². The summed E-state index contributed by atoms with van der Waals surface area (Å²) in [6, 6.07) is -1.05. The van der Waals surface area contributed by atoms with E-state index in [1.807, 2.05) is 19.1 Å². The first-order chi connectivity index (χ1) is 17.1. The Bertz CT molecular complexity index is 557. The molecule has 0 radical (unpaired) electrons. The molecule has 0 saturated heterocycles. The van der Waals surface area contributed by atoms with Gasteiger partial charge in [-0.05, 0) is 19.3 Å². The van der Waals surface area contributed by atoms with Crippen LogP contribution in [0.4, 0.5) is 0 Å². The molecule has 230 valence electrons. The van der Waals surface area contributed by atoms with Gasteiger partial charge in [0.2, 0.25) is 11.8 Å². The quantitative estimate of drug-likeness (QED) is 0.144. The molecule has 0 rings (SSSR count). The highest BCUT2D eigenvalue weighted by Crippen LogP contribution is 2.04. The second-order valence-corrected chi connectivity index (χ2v) is 8.16. The fraction of sp³-hybridized carbons (Fsp3) is 0.800. The van der Waals surface area contributed by atoms with Gasteiger partial charge in [0.05, 0.1) is 14.2 Å². The van der Waals surface area contributed by atoms with Crippen LogP contribution in [0.5, 0.6) is 0 Å². The molecule has 0 aromatic rings. The largest absolute Gasteiger partial charge is 0.467 e. The van der Waals surface area contributed by atoms with Crippen molar-refractivity contribution in [1.29, 1.82) is 0 Å². The molecule has 0 aliphatic rings. The lowest BCUT2D eigenvalue weighted by Gasteiger charge is -2.14. The van der Waals surface area contributed by atoms with E-state index in [0.29, 0.717) is 12.8 Å². The number of ether oxygens (including phenoxy) is 2. The summed E-state index contributed by atoms with van der Waals surface area (Å²) in [5.41, 5.74) is 0. The minimum atomic E-state index is -0.569. The zero-order chi connectivity index (χ0) is 28.8. The number of carbonyl (C=O) groups is 4. The van der Waals surface area contributed by atoms with Crippen molar-refractivity contribution >= 4 is 23.8 Å². The molecule has 0 saturated carbocycles. The maximum absolute atomic E-state index is 11.2. The lowest BCUT2D eigenvalue weighted by atomic mass is 10.1. The number of carbonyl (C=O) groups excluding carboxylic acids is 4. The fourth-order valence-corrected chi connectivity index (χ4v) is 2.24. The number of hydrogen-bond acceptors (Lipinski definition) is 6. The molecule has 0 fully saturated rings. The van der Waals surface area contributed by atoms with Crippen molar-refractivity contribution in [1.82, 2.24) is 10.6 Å². The Balaban J connectivity index is -0.000000101. The van der Waals surface area contributed by atoms with Crippen LogP contribution in [0.3, 0.4) is 0 Å². The molecule has 2 atom stereocenters. The number of nitrogens with one attached hydrogen (secondary N) is 2. The van der Waals surface area contributed by atoms with Gasteiger partial charge in [-0.1, -0.05) is 113 Å². The van der Waals surface area contributed by atoms with Crippen molar-refractivity contribution in [3.63, 3.8) is 0 Å². The summed E-state index contributed by atoms with van der Waals surface area (Å²) in [6.07, 6.45) is 14.2. The molecule has 8 heteroatoms. The van der Waals surface area contributed by atoms with Crippen LogP contribution in [0.1, 0.15) is 134 Å². The van der Waals surface area contributed by atoms with E-state index >= 15 is 0 Å². The van der Waals surface area contributed by atoms with Crippen LogP contribution >= 0.6 is 0 Å². The number of allylic oxidation sites excluding steroid dienone is 1. The number of unbranched alkanes of at least 4 members (excludes halogenated alkanes) is 4. The highest BCUT2D eigenvalue weighted by Gasteiger charge is 2.19. The van der Waals surface area contributed by atoms with E-state index in [4.69, 9.17) is 0 Å². The van der Waals surface area contributed by atoms with Crippen molar-refractivity contribution < 1.29 is 28.7 Å². The molecule has 8 nitrogen and oxygen atoms in total. The predicted octanol–water partition coefficient (Wildman–Crippen LogP) is 7.15. The Labute approximate surface area is 236 Å². The van der Waals surface area contributed by atoms with Gasteiger partial charge >= 0.3 is 11.9 Å². The normalized spacial score (nSPS) is 10.6. The van der Waals surface area contributed by atoms with E-state index < -0.39 is 18.1 Å². The van der Waals surface area contributed by atoms with Crippen LogP contribution in [-0.4, -0.2) is 50.1 Å². The van der Waals surface area contributed by atoms with Gasteiger partial charge in [0.15, 0.2) is 0 Å². The second-order valence-electron chi connectivity index (χ2n) is 8.16. The maximum atomic E-state index is 11.2.